The maximum atomic E-state index is 13.8. The number of rotatable bonds is 4. The van der Waals surface area contributed by atoms with Crippen LogP contribution in [0.1, 0.15) is 18.4 Å². The Kier molecular flexibility index (Phi) is 5.56. The Labute approximate surface area is 135 Å². The van der Waals surface area contributed by atoms with Crippen LogP contribution in [-0.2, 0) is 11.3 Å². The molecule has 0 unspecified atom stereocenters. The van der Waals surface area contributed by atoms with Crippen LogP contribution in [0, 0.1) is 23.4 Å². The molecule has 3 nitrogen and oxygen atoms in total. The van der Waals surface area contributed by atoms with Gasteiger partial charge in [0.1, 0.15) is 5.82 Å². The summed E-state index contributed by atoms with van der Waals surface area (Å²) < 4.78 is 45.5. The van der Waals surface area contributed by atoms with Gasteiger partial charge in [-0.2, -0.15) is 0 Å². The summed E-state index contributed by atoms with van der Waals surface area (Å²) in [4.78, 5) is 4.56. The molecular formula is C17H23F3N2O. The van der Waals surface area contributed by atoms with Crippen LogP contribution < -0.4 is 0 Å². The van der Waals surface area contributed by atoms with Gasteiger partial charge in [0.2, 0.25) is 0 Å². The zero-order valence-corrected chi connectivity index (χ0v) is 13.2. The van der Waals surface area contributed by atoms with Gasteiger partial charge in [0, 0.05) is 44.4 Å². The normalized spacial score (nSPS) is 24.0. The van der Waals surface area contributed by atoms with Gasteiger partial charge in [-0.25, -0.2) is 13.2 Å². The van der Waals surface area contributed by atoms with E-state index in [9.17, 15) is 13.2 Å². The van der Waals surface area contributed by atoms with Gasteiger partial charge >= 0.3 is 0 Å². The molecule has 128 valence electrons. The summed E-state index contributed by atoms with van der Waals surface area (Å²) in [6, 6.07) is 1.62. The first-order valence-corrected chi connectivity index (χ1v) is 8.27. The van der Waals surface area contributed by atoms with Gasteiger partial charge < -0.3 is 4.74 Å². The molecule has 2 heterocycles. The summed E-state index contributed by atoms with van der Waals surface area (Å²) in [5.41, 5.74) is 0.232. The molecule has 0 aliphatic carbocycles. The van der Waals surface area contributed by atoms with E-state index in [0.29, 0.717) is 18.5 Å². The summed E-state index contributed by atoms with van der Waals surface area (Å²) in [5, 5.41) is 0. The number of hydrogen-bond donors (Lipinski definition) is 0. The molecule has 2 aliphatic rings. The van der Waals surface area contributed by atoms with Crippen molar-refractivity contribution in [2.24, 2.45) is 5.92 Å². The average molecular weight is 328 g/mol. The van der Waals surface area contributed by atoms with Gasteiger partial charge in [0.25, 0.3) is 0 Å². The molecule has 0 amide bonds. The van der Waals surface area contributed by atoms with Gasteiger partial charge in [-0.1, -0.05) is 0 Å². The summed E-state index contributed by atoms with van der Waals surface area (Å²) in [7, 11) is 0. The van der Waals surface area contributed by atoms with Crippen molar-refractivity contribution < 1.29 is 17.9 Å². The molecule has 0 aromatic heterocycles. The third-order valence-electron chi connectivity index (χ3n) is 4.71. The Hall–Kier alpha value is -1.11. The van der Waals surface area contributed by atoms with Gasteiger partial charge in [0.15, 0.2) is 11.6 Å². The van der Waals surface area contributed by atoms with E-state index in [0.717, 1.165) is 64.8 Å². The molecule has 1 aromatic carbocycles. The highest BCUT2D eigenvalue weighted by Gasteiger charge is 2.24. The Balaban J connectivity index is 1.57. The summed E-state index contributed by atoms with van der Waals surface area (Å²) in [6.45, 7) is 6.62. The standard InChI is InChI=1S/C17H23F3N2O/c18-15-9-17(20)16(19)8-14(15)12-22-3-1-2-13(11-22)10-21-4-6-23-7-5-21/h8-9,13H,1-7,10-12H2/t13-/m1/s1. The Morgan fingerprint density at radius 1 is 0.957 bits per heavy atom. The minimum atomic E-state index is -1.13. The van der Waals surface area contributed by atoms with Crippen molar-refractivity contribution in [3.8, 4) is 0 Å². The molecule has 2 aliphatic heterocycles. The van der Waals surface area contributed by atoms with E-state index in [4.69, 9.17) is 4.74 Å². The molecule has 1 atom stereocenters. The number of likely N-dealkylation sites (tertiary alicyclic amines) is 1. The highest BCUT2D eigenvalue weighted by Crippen LogP contribution is 2.22. The fourth-order valence-corrected chi connectivity index (χ4v) is 3.52. The van der Waals surface area contributed by atoms with Crippen molar-refractivity contribution in [3.05, 3.63) is 35.1 Å². The van der Waals surface area contributed by atoms with Crippen molar-refractivity contribution in [1.29, 1.82) is 0 Å². The molecule has 2 fully saturated rings. The molecule has 6 heteroatoms. The number of piperidine rings is 1. The van der Waals surface area contributed by atoms with Crippen molar-refractivity contribution in [2.45, 2.75) is 19.4 Å². The Morgan fingerprint density at radius 2 is 1.70 bits per heavy atom. The monoisotopic (exact) mass is 328 g/mol. The van der Waals surface area contributed by atoms with E-state index in [1.165, 1.54) is 0 Å². The number of morpholine rings is 1. The molecule has 0 radical (unpaired) electrons. The zero-order chi connectivity index (χ0) is 16.2. The van der Waals surface area contributed by atoms with Crippen molar-refractivity contribution in [3.63, 3.8) is 0 Å². The van der Waals surface area contributed by atoms with Crippen LogP contribution in [0.15, 0.2) is 12.1 Å². The molecule has 0 spiro atoms. The minimum Gasteiger partial charge on any atom is -0.379 e. The van der Waals surface area contributed by atoms with Crippen LogP contribution in [0.25, 0.3) is 0 Å². The lowest BCUT2D eigenvalue weighted by atomic mass is 9.96. The van der Waals surface area contributed by atoms with Crippen LogP contribution >= 0.6 is 0 Å². The number of ether oxygens (including phenoxy) is 1. The second kappa shape index (κ2) is 7.64. The smallest absolute Gasteiger partial charge is 0.161 e. The Bertz CT molecular complexity index is 535. The largest absolute Gasteiger partial charge is 0.379 e. The SMILES string of the molecule is Fc1cc(F)c(CN2CCC[C@H](CN3CCOCC3)C2)cc1F. The molecular weight excluding hydrogens is 305 g/mol. The molecule has 0 saturated carbocycles. The van der Waals surface area contributed by atoms with E-state index in [2.05, 4.69) is 9.80 Å². The number of benzene rings is 1. The number of halogens is 3. The first kappa shape index (κ1) is 16.7. The first-order valence-electron chi connectivity index (χ1n) is 8.27. The fourth-order valence-electron chi connectivity index (χ4n) is 3.52. The van der Waals surface area contributed by atoms with E-state index >= 15 is 0 Å². The zero-order valence-electron chi connectivity index (χ0n) is 13.2. The first-order chi connectivity index (χ1) is 11.1. The Morgan fingerprint density at radius 3 is 2.48 bits per heavy atom. The van der Waals surface area contributed by atoms with Crippen LogP contribution in [0.5, 0.6) is 0 Å². The lowest BCUT2D eigenvalue weighted by molar-refractivity contribution is 0.0223. The highest BCUT2D eigenvalue weighted by molar-refractivity contribution is 5.20. The van der Waals surface area contributed by atoms with Gasteiger partial charge in [0.05, 0.1) is 13.2 Å². The molecule has 1 aromatic rings. The predicted octanol–water partition coefficient (Wildman–Crippen LogP) is 2.65. The van der Waals surface area contributed by atoms with Crippen LogP contribution in [0.2, 0.25) is 0 Å². The second-order valence-corrected chi connectivity index (χ2v) is 6.51. The summed E-state index contributed by atoms with van der Waals surface area (Å²) in [6.07, 6.45) is 2.22. The van der Waals surface area contributed by atoms with Gasteiger partial charge in [-0.3, -0.25) is 9.80 Å². The lowest BCUT2D eigenvalue weighted by Gasteiger charge is -2.36. The third kappa shape index (κ3) is 4.46. The molecule has 23 heavy (non-hydrogen) atoms. The van der Waals surface area contributed by atoms with Crippen molar-refractivity contribution >= 4 is 0 Å². The third-order valence-corrected chi connectivity index (χ3v) is 4.71. The molecule has 0 N–H and O–H groups in total. The fraction of sp³-hybridized carbons (Fsp3) is 0.647. The van der Waals surface area contributed by atoms with E-state index in [1.54, 1.807) is 0 Å². The van der Waals surface area contributed by atoms with Gasteiger partial charge in [-0.05, 0) is 31.4 Å². The van der Waals surface area contributed by atoms with Crippen LogP contribution in [0.3, 0.4) is 0 Å². The van der Waals surface area contributed by atoms with Crippen LogP contribution in [-0.4, -0.2) is 55.7 Å². The predicted molar refractivity (Wildman–Crippen MR) is 81.6 cm³/mol. The van der Waals surface area contributed by atoms with E-state index in [-0.39, 0.29) is 5.56 Å². The highest BCUT2D eigenvalue weighted by atomic mass is 19.2. The second-order valence-electron chi connectivity index (χ2n) is 6.51. The summed E-state index contributed by atoms with van der Waals surface area (Å²) >= 11 is 0. The maximum Gasteiger partial charge on any atom is 0.161 e. The van der Waals surface area contributed by atoms with Crippen molar-refractivity contribution in [1.82, 2.24) is 9.80 Å². The lowest BCUT2D eigenvalue weighted by Crippen LogP contribution is -2.44. The molecule has 2 saturated heterocycles. The number of hydrogen-bond acceptors (Lipinski definition) is 3. The topological polar surface area (TPSA) is 15.7 Å². The van der Waals surface area contributed by atoms with Gasteiger partial charge in [-0.15, -0.1) is 0 Å². The average Bonchev–Trinajstić information content (AvgIpc) is 2.54. The number of nitrogens with zero attached hydrogens (tertiary/aromatic N) is 2. The van der Waals surface area contributed by atoms with E-state index in [1.807, 2.05) is 0 Å². The summed E-state index contributed by atoms with van der Waals surface area (Å²) in [5.74, 6) is -2.24. The maximum absolute atomic E-state index is 13.8. The quantitative estimate of drug-likeness (QED) is 0.791. The molecule has 0 bridgehead atoms. The minimum absolute atomic E-state index is 0.232. The van der Waals surface area contributed by atoms with E-state index < -0.39 is 17.5 Å². The van der Waals surface area contributed by atoms with Crippen molar-refractivity contribution in [2.75, 3.05) is 45.9 Å². The van der Waals surface area contributed by atoms with Crippen LogP contribution in [0.4, 0.5) is 13.2 Å². The molecule has 3 rings (SSSR count).